The molecule has 0 unspecified atom stereocenters. The molecule has 2 heteroatoms. The minimum absolute atomic E-state index is 0.794. The van der Waals surface area contributed by atoms with Gasteiger partial charge in [0.1, 0.15) is 0 Å². The van der Waals surface area contributed by atoms with Crippen LogP contribution < -0.4 is 4.74 Å². The fraction of sp³-hybridized carbons (Fsp3) is 0.583. The fourth-order valence-corrected chi connectivity index (χ4v) is 1.45. The molecule has 1 aromatic rings. The molecule has 0 amide bonds. The Bertz CT molecular complexity index is 318. The first-order valence-electron chi connectivity index (χ1n) is 5.38. The van der Waals surface area contributed by atoms with Crippen molar-refractivity contribution in [1.82, 2.24) is 4.98 Å². The molecule has 1 aliphatic rings. The highest BCUT2D eigenvalue weighted by atomic mass is 16.5. The molecule has 1 fully saturated rings. The Kier molecular flexibility index (Phi) is 2.71. The molecule has 76 valence electrons. The molecule has 1 saturated carbocycles. The lowest BCUT2D eigenvalue weighted by molar-refractivity contribution is 0.286. The topological polar surface area (TPSA) is 22.1 Å². The average molecular weight is 191 g/mol. The zero-order valence-corrected chi connectivity index (χ0v) is 8.92. The van der Waals surface area contributed by atoms with Crippen molar-refractivity contribution < 1.29 is 4.74 Å². The maximum atomic E-state index is 5.65. The normalized spacial score (nSPS) is 15.6. The summed E-state index contributed by atoms with van der Waals surface area (Å²) in [4.78, 5) is 4.33. The van der Waals surface area contributed by atoms with E-state index in [1.165, 1.54) is 18.4 Å². The molecular formula is C12H17NO. The third-order valence-electron chi connectivity index (χ3n) is 2.65. The molecule has 0 bridgehead atoms. The van der Waals surface area contributed by atoms with E-state index in [9.17, 15) is 0 Å². The Hall–Kier alpha value is -1.05. The molecule has 0 N–H and O–H groups in total. The molecular weight excluding hydrogens is 174 g/mol. The minimum atomic E-state index is 0.794. The first-order chi connectivity index (χ1) is 6.79. The molecule has 0 spiro atoms. The van der Waals surface area contributed by atoms with Crippen molar-refractivity contribution in [3.05, 3.63) is 23.4 Å². The van der Waals surface area contributed by atoms with Crippen LogP contribution in [0.4, 0.5) is 0 Å². The monoisotopic (exact) mass is 191 g/mol. The second-order valence-electron chi connectivity index (χ2n) is 4.07. The summed E-state index contributed by atoms with van der Waals surface area (Å²) in [5, 5.41) is 0. The molecule has 1 aliphatic carbocycles. The van der Waals surface area contributed by atoms with Crippen LogP contribution in [0, 0.1) is 12.8 Å². The van der Waals surface area contributed by atoms with E-state index in [4.69, 9.17) is 4.74 Å². The molecule has 0 atom stereocenters. The lowest BCUT2D eigenvalue weighted by atomic mass is 10.2. The van der Waals surface area contributed by atoms with Gasteiger partial charge in [-0.25, -0.2) is 4.98 Å². The fourth-order valence-electron chi connectivity index (χ4n) is 1.45. The molecule has 0 radical (unpaired) electrons. The van der Waals surface area contributed by atoms with Crippen LogP contribution in [0.15, 0.2) is 12.3 Å². The average Bonchev–Trinajstić information content (AvgIpc) is 2.99. The molecule has 2 rings (SSSR count). The zero-order chi connectivity index (χ0) is 9.97. The van der Waals surface area contributed by atoms with E-state index < -0.39 is 0 Å². The van der Waals surface area contributed by atoms with Crippen molar-refractivity contribution in [2.24, 2.45) is 5.92 Å². The highest BCUT2D eigenvalue weighted by molar-refractivity contribution is 5.28. The van der Waals surface area contributed by atoms with Gasteiger partial charge >= 0.3 is 0 Å². The van der Waals surface area contributed by atoms with Crippen molar-refractivity contribution in [2.45, 2.75) is 33.1 Å². The molecule has 14 heavy (non-hydrogen) atoms. The predicted molar refractivity (Wildman–Crippen MR) is 56.6 cm³/mol. The number of rotatable bonds is 4. The van der Waals surface area contributed by atoms with E-state index in [2.05, 4.69) is 24.9 Å². The number of aryl methyl sites for hydroxylation is 2. The molecule has 0 aliphatic heterocycles. The van der Waals surface area contributed by atoms with E-state index in [0.29, 0.717) is 0 Å². The van der Waals surface area contributed by atoms with Crippen LogP contribution in [0.25, 0.3) is 0 Å². The van der Waals surface area contributed by atoms with Crippen LogP contribution in [0.2, 0.25) is 0 Å². The van der Waals surface area contributed by atoms with E-state index in [1.807, 2.05) is 6.20 Å². The van der Waals surface area contributed by atoms with Crippen molar-refractivity contribution in [2.75, 3.05) is 6.61 Å². The Balaban J connectivity index is 2.01. The first-order valence-corrected chi connectivity index (χ1v) is 5.38. The largest absolute Gasteiger partial charge is 0.477 e. The molecule has 0 saturated heterocycles. The van der Waals surface area contributed by atoms with Crippen molar-refractivity contribution in [1.29, 1.82) is 0 Å². The second-order valence-corrected chi connectivity index (χ2v) is 4.07. The third kappa shape index (κ3) is 2.25. The zero-order valence-electron chi connectivity index (χ0n) is 8.92. The first kappa shape index (κ1) is 9.50. The van der Waals surface area contributed by atoms with E-state index in [1.54, 1.807) is 0 Å². The van der Waals surface area contributed by atoms with Gasteiger partial charge in [0.25, 0.3) is 0 Å². The van der Waals surface area contributed by atoms with Crippen LogP contribution in [0.5, 0.6) is 5.88 Å². The van der Waals surface area contributed by atoms with Crippen molar-refractivity contribution in [3.63, 3.8) is 0 Å². The third-order valence-corrected chi connectivity index (χ3v) is 2.65. The summed E-state index contributed by atoms with van der Waals surface area (Å²) in [5.74, 6) is 1.61. The SMILES string of the molecule is CCc1cnc(OCC2CC2)c(C)c1. The Morgan fingerprint density at radius 2 is 2.29 bits per heavy atom. The van der Waals surface area contributed by atoms with Gasteiger partial charge in [-0.1, -0.05) is 6.92 Å². The minimum Gasteiger partial charge on any atom is -0.477 e. The molecule has 1 heterocycles. The van der Waals surface area contributed by atoms with E-state index in [0.717, 1.165) is 30.4 Å². The summed E-state index contributed by atoms with van der Waals surface area (Å²) < 4.78 is 5.65. The standard InChI is InChI=1S/C12H17NO/c1-3-10-6-9(2)12(13-7-10)14-8-11-4-5-11/h6-7,11H,3-5,8H2,1-2H3. The van der Waals surface area contributed by atoms with Gasteiger partial charge in [-0.3, -0.25) is 0 Å². The summed E-state index contributed by atoms with van der Waals surface area (Å²) in [7, 11) is 0. The lowest BCUT2D eigenvalue weighted by Gasteiger charge is -2.07. The van der Waals surface area contributed by atoms with E-state index in [-0.39, 0.29) is 0 Å². The lowest BCUT2D eigenvalue weighted by Crippen LogP contribution is -2.02. The van der Waals surface area contributed by atoms with Crippen LogP contribution in [0.3, 0.4) is 0 Å². The summed E-state index contributed by atoms with van der Waals surface area (Å²) in [6, 6.07) is 2.16. The van der Waals surface area contributed by atoms with Gasteiger partial charge in [0.15, 0.2) is 0 Å². The summed E-state index contributed by atoms with van der Waals surface area (Å²) >= 11 is 0. The number of hydrogen-bond acceptors (Lipinski definition) is 2. The number of hydrogen-bond donors (Lipinski definition) is 0. The van der Waals surface area contributed by atoms with Gasteiger partial charge in [-0.05, 0) is 43.7 Å². The van der Waals surface area contributed by atoms with Gasteiger partial charge in [-0.15, -0.1) is 0 Å². The maximum absolute atomic E-state index is 5.65. The Morgan fingerprint density at radius 3 is 2.86 bits per heavy atom. The van der Waals surface area contributed by atoms with Gasteiger partial charge in [-0.2, -0.15) is 0 Å². The van der Waals surface area contributed by atoms with Crippen LogP contribution in [0.1, 0.15) is 30.9 Å². The number of aromatic nitrogens is 1. The number of pyridine rings is 1. The quantitative estimate of drug-likeness (QED) is 0.730. The summed E-state index contributed by atoms with van der Waals surface area (Å²) in [6.45, 7) is 5.05. The van der Waals surface area contributed by atoms with E-state index >= 15 is 0 Å². The Labute approximate surface area is 85.3 Å². The summed E-state index contributed by atoms with van der Waals surface area (Å²) in [5.41, 5.74) is 2.44. The number of ether oxygens (including phenoxy) is 1. The second kappa shape index (κ2) is 3.99. The van der Waals surface area contributed by atoms with Crippen LogP contribution >= 0.6 is 0 Å². The summed E-state index contributed by atoms with van der Waals surface area (Å²) in [6.07, 6.45) is 5.60. The molecule has 2 nitrogen and oxygen atoms in total. The smallest absolute Gasteiger partial charge is 0.216 e. The number of nitrogens with zero attached hydrogens (tertiary/aromatic N) is 1. The van der Waals surface area contributed by atoms with Gasteiger partial charge < -0.3 is 4.74 Å². The van der Waals surface area contributed by atoms with Crippen LogP contribution in [-0.4, -0.2) is 11.6 Å². The highest BCUT2D eigenvalue weighted by Crippen LogP contribution is 2.29. The maximum Gasteiger partial charge on any atom is 0.216 e. The predicted octanol–water partition coefficient (Wildman–Crippen LogP) is 2.74. The van der Waals surface area contributed by atoms with Crippen LogP contribution in [-0.2, 0) is 6.42 Å². The molecule has 1 aromatic heterocycles. The van der Waals surface area contributed by atoms with Crippen molar-refractivity contribution in [3.8, 4) is 5.88 Å². The Morgan fingerprint density at radius 1 is 1.50 bits per heavy atom. The highest BCUT2D eigenvalue weighted by Gasteiger charge is 2.22. The van der Waals surface area contributed by atoms with Gasteiger partial charge in [0.2, 0.25) is 5.88 Å². The van der Waals surface area contributed by atoms with Crippen molar-refractivity contribution >= 4 is 0 Å². The van der Waals surface area contributed by atoms with Gasteiger partial charge in [0, 0.05) is 11.8 Å². The molecule has 0 aromatic carbocycles. The van der Waals surface area contributed by atoms with Gasteiger partial charge in [0.05, 0.1) is 6.61 Å².